The van der Waals surface area contributed by atoms with E-state index in [9.17, 15) is 4.79 Å². The summed E-state index contributed by atoms with van der Waals surface area (Å²) in [7, 11) is 1.67. The Kier molecular flexibility index (Phi) is 7.51. The molecule has 1 fully saturated rings. The molecule has 31 heavy (non-hydrogen) atoms. The molecule has 0 saturated carbocycles. The molecule has 164 valence electrons. The molecule has 1 saturated heterocycles. The van der Waals surface area contributed by atoms with Crippen molar-refractivity contribution in [1.82, 2.24) is 15.2 Å². The van der Waals surface area contributed by atoms with Gasteiger partial charge in [0, 0.05) is 26.1 Å². The van der Waals surface area contributed by atoms with Gasteiger partial charge in [0.05, 0.1) is 41.6 Å². The largest absolute Gasteiger partial charge is 0.497 e. The van der Waals surface area contributed by atoms with Gasteiger partial charge >= 0.3 is 0 Å². The summed E-state index contributed by atoms with van der Waals surface area (Å²) in [4.78, 5) is 19.6. The first-order chi connectivity index (χ1) is 15.2. The van der Waals surface area contributed by atoms with Crippen molar-refractivity contribution in [2.24, 2.45) is 0 Å². The molecule has 1 aliphatic heterocycles. The summed E-state index contributed by atoms with van der Waals surface area (Å²) in [6, 6.07) is 16.4. The Morgan fingerprint density at radius 1 is 1.19 bits per heavy atom. The van der Waals surface area contributed by atoms with Crippen molar-refractivity contribution in [3.63, 3.8) is 0 Å². The van der Waals surface area contributed by atoms with Crippen molar-refractivity contribution in [2.75, 3.05) is 40.0 Å². The Morgan fingerprint density at radius 3 is 2.71 bits per heavy atom. The molecular weight excluding hydrogens is 410 g/mol. The molecule has 7 heteroatoms. The molecule has 6 nitrogen and oxygen atoms in total. The summed E-state index contributed by atoms with van der Waals surface area (Å²) in [6.07, 6.45) is 2.14. The lowest BCUT2D eigenvalue weighted by Crippen LogP contribution is -2.43. The fraction of sp³-hybridized carbons (Fsp3) is 0.417. The first kappa shape index (κ1) is 21.7. The zero-order valence-corrected chi connectivity index (χ0v) is 18.7. The number of amides is 1. The molecule has 1 amide bonds. The van der Waals surface area contributed by atoms with E-state index in [1.807, 2.05) is 30.3 Å². The molecule has 1 aliphatic rings. The number of rotatable bonds is 9. The lowest BCUT2D eigenvalue weighted by Gasteiger charge is -2.35. The third kappa shape index (κ3) is 5.81. The normalized spacial score (nSPS) is 15.6. The topological polar surface area (TPSA) is 63.7 Å². The van der Waals surface area contributed by atoms with Gasteiger partial charge in [-0.3, -0.25) is 9.69 Å². The van der Waals surface area contributed by atoms with Gasteiger partial charge in [0.15, 0.2) is 0 Å². The number of nitrogens with zero attached hydrogens (tertiary/aromatic N) is 2. The van der Waals surface area contributed by atoms with Crippen LogP contribution in [0.4, 0.5) is 0 Å². The third-order valence-electron chi connectivity index (χ3n) is 5.61. The number of benzene rings is 2. The van der Waals surface area contributed by atoms with Crippen molar-refractivity contribution in [3.05, 3.63) is 59.1 Å². The van der Waals surface area contributed by atoms with Crippen molar-refractivity contribution in [3.8, 4) is 5.75 Å². The predicted molar refractivity (Wildman–Crippen MR) is 124 cm³/mol. The number of hydrogen-bond acceptors (Lipinski definition) is 6. The number of para-hydroxylation sites is 1. The van der Waals surface area contributed by atoms with Crippen LogP contribution in [0.15, 0.2) is 48.5 Å². The molecule has 1 aromatic heterocycles. The van der Waals surface area contributed by atoms with Gasteiger partial charge in [-0.05, 0) is 42.7 Å². The van der Waals surface area contributed by atoms with Crippen LogP contribution in [0.25, 0.3) is 10.2 Å². The molecule has 0 radical (unpaired) electrons. The van der Waals surface area contributed by atoms with E-state index < -0.39 is 0 Å². The molecule has 1 unspecified atom stereocenters. The molecule has 1 atom stereocenters. The standard InChI is InChI=1S/C24H29N3O3S/c1-29-19-11-9-18(10-12-19)21(27-13-15-30-16-14-27)17-25-23(28)7-4-8-24-26-20-5-2-3-6-22(20)31-24/h2-3,5-6,9-12,21H,4,7-8,13-17H2,1H3,(H,25,28). The summed E-state index contributed by atoms with van der Waals surface area (Å²) < 4.78 is 12.0. The van der Waals surface area contributed by atoms with Gasteiger partial charge in [-0.25, -0.2) is 4.98 Å². The molecule has 0 spiro atoms. The fourth-order valence-electron chi connectivity index (χ4n) is 3.90. The number of carbonyl (C=O) groups is 1. The smallest absolute Gasteiger partial charge is 0.220 e. The van der Waals surface area contributed by atoms with Crippen molar-refractivity contribution in [1.29, 1.82) is 0 Å². The number of methoxy groups -OCH3 is 1. The molecule has 4 rings (SSSR count). The number of fused-ring (bicyclic) bond motifs is 1. The van der Waals surface area contributed by atoms with Crippen molar-refractivity contribution >= 4 is 27.5 Å². The number of ether oxygens (including phenoxy) is 2. The van der Waals surface area contributed by atoms with E-state index >= 15 is 0 Å². The highest BCUT2D eigenvalue weighted by molar-refractivity contribution is 7.18. The average Bonchev–Trinajstić information content (AvgIpc) is 3.23. The zero-order valence-electron chi connectivity index (χ0n) is 17.9. The van der Waals surface area contributed by atoms with Gasteiger partial charge in [0.2, 0.25) is 5.91 Å². The van der Waals surface area contributed by atoms with Crippen LogP contribution >= 0.6 is 11.3 Å². The summed E-state index contributed by atoms with van der Waals surface area (Å²) in [5.41, 5.74) is 2.22. The van der Waals surface area contributed by atoms with E-state index in [-0.39, 0.29) is 11.9 Å². The maximum absolute atomic E-state index is 12.5. The van der Waals surface area contributed by atoms with Gasteiger partial charge in [-0.2, -0.15) is 0 Å². The van der Waals surface area contributed by atoms with E-state index in [0.717, 1.165) is 55.4 Å². The quantitative estimate of drug-likeness (QED) is 0.549. The van der Waals surface area contributed by atoms with Crippen molar-refractivity contribution in [2.45, 2.75) is 25.3 Å². The van der Waals surface area contributed by atoms with Crippen LogP contribution < -0.4 is 10.1 Å². The van der Waals surface area contributed by atoms with E-state index in [2.05, 4.69) is 33.4 Å². The van der Waals surface area contributed by atoms with E-state index in [4.69, 9.17) is 9.47 Å². The molecule has 3 aromatic rings. The minimum absolute atomic E-state index is 0.0906. The minimum atomic E-state index is 0.0906. The first-order valence-corrected chi connectivity index (χ1v) is 11.6. The van der Waals surface area contributed by atoms with Crippen LogP contribution in [0.2, 0.25) is 0 Å². The molecular formula is C24H29N3O3S. The predicted octanol–water partition coefficient (Wildman–Crippen LogP) is 3.82. The highest BCUT2D eigenvalue weighted by Crippen LogP contribution is 2.24. The number of aryl methyl sites for hydroxylation is 1. The lowest BCUT2D eigenvalue weighted by atomic mass is 10.0. The summed E-state index contributed by atoms with van der Waals surface area (Å²) in [5.74, 6) is 0.927. The fourth-order valence-corrected chi connectivity index (χ4v) is 4.91. The van der Waals surface area contributed by atoms with Gasteiger partial charge in [-0.1, -0.05) is 24.3 Å². The maximum Gasteiger partial charge on any atom is 0.220 e. The maximum atomic E-state index is 12.5. The van der Waals surface area contributed by atoms with Crippen LogP contribution in [-0.2, 0) is 16.0 Å². The number of hydrogen-bond donors (Lipinski definition) is 1. The van der Waals surface area contributed by atoms with Crippen LogP contribution in [0, 0.1) is 0 Å². The molecule has 2 heterocycles. The Balaban J connectivity index is 1.30. The molecule has 1 N–H and O–H groups in total. The summed E-state index contributed by atoms with van der Waals surface area (Å²) >= 11 is 1.71. The van der Waals surface area contributed by atoms with Gasteiger partial charge in [0.1, 0.15) is 5.75 Å². The molecule has 0 aliphatic carbocycles. The number of aromatic nitrogens is 1. The Morgan fingerprint density at radius 2 is 1.97 bits per heavy atom. The van der Waals surface area contributed by atoms with E-state index in [0.29, 0.717) is 13.0 Å². The lowest BCUT2D eigenvalue weighted by molar-refractivity contribution is -0.121. The monoisotopic (exact) mass is 439 g/mol. The molecule has 0 bridgehead atoms. The highest BCUT2D eigenvalue weighted by Gasteiger charge is 2.23. The van der Waals surface area contributed by atoms with Crippen LogP contribution in [0.3, 0.4) is 0 Å². The van der Waals surface area contributed by atoms with Gasteiger partial charge < -0.3 is 14.8 Å². The van der Waals surface area contributed by atoms with Crippen LogP contribution in [-0.4, -0.2) is 55.7 Å². The van der Waals surface area contributed by atoms with E-state index in [1.165, 1.54) is 10.3 Å². The second-order valence-electron chi connectivity index (χ2n) is 7.67. The highest BCUT2D eigenvalue weighted by atomic mass is 32.1. The van der Waals surface area contributed by atoms with Crippen LogP contribution in [0.1, 0.15) is 29.5 Å². The number of thiazole rings is 1. The minimum Gasteiger partial charge on any atom is -0.497 e. The zero-order chi connectivity index (χ0) is 21.5. The summed E-state index contributed by atoms with van der Waals surface area (Å²) in [6.45, 7) is 3.77. The first-order valence-electron chi connectivity index (χ1n) is 10.8. The van der Waals surface area contributed by atoms with E-state index in [1.54, 1.807) is 18.4 Å². The molecule has 2 aromatic carbocycles. The third-order valence-corrected chi connectivity index (χ3v) is 6.71. The Labute approximate surface area is 187 Å². The number of morpholine rings is 1. The van der Waals surface area contributed by atoms with Crippen LogP contribution in [0.5, 0.6) is 5.75 Å². The SMILES string of the molecule is COc1ccc(C(CNC(=O)CCCc2nc3ccccc3s2)N2CCOCC2)cc1. The van der Waals surface area contributed by atoms with Gasteiger partial charge in [-0.15, -0.1) is 11.3 Å². The second-order valence-corrected chi connectivity index (χ2v) is 8.79. The number of nitrogens with one attached hydrogen (secondary N) is 1. The Bertz CT molecular complexity index is 950. The second kappa shape index (κ2) is 10.7. The average molecular weight is 440 g/mol. The summed E-state index contributed by atoms with van der Waals surface area (Å²) in [5, 5.41) is 4.25. The van der Waals surface area contributed by atoms with Gasteiger partial charge in [0.25, 0.3) is 0 Å². The van der Waals surface area contributed by atoms with Crippen molar-refractivity contribution < 1.29 is 14.3 Å². The Hall–Kier alpha value is -2.48. The number of carbonyl (C=O) groups excluding carboxylic acids is 1.